The van der Waals surface area contributed by atoms with Gasteiger partial charge in [-0.15, -0.1) is 0 Å². The zero-order valence-electron chi connectivity index (χ0n) is 12.2. The first-order valence-electron chi connectivity index (χ1n) is 7.79. The van der Waals surface area contributed by atoms with E-state index in [9.17, 15) is 9.90 Å². The zero-order valence-corrected chi connectivity index (χ0v) is 13.0. The predicted octanol–water partition coefficient (Wildman–Crippen LogP) is 3.86. The highest BCUT2D eigenvalue weighted by Crippen LogP contribution is 2.41. The van der Waals surface area contributed by atoms with Crippen LogP contribution in [-0.4, -0.2) is 28.7 Å². The van der Waals surface area contributed by atoms with Gasteiger partial charge in [-0.1, -0.05) is 25.0 Å². The van der Waals surface area contributed by atoms with E-state index in [1.807, 2.05) is 36.0 Å². The van der Waals surface area contributed by atoms with Gasteiger partial charge < -0.3 is 9.84 Å². The van der Waals surface area contributed by atoms with Crippen LogP contribution in [0.15, 0.2) is 24.3 Å². The average Bonchev–Trinajstić information content (AvgIpc) is 3.00. The quantitative estimate of drug-likeness (QED) is 0.917. The number of carboxylic acids is 1. The first kappa shape index (κ1) is 14.8. The number of benzene rings is 1. The molecule has 1 heterocycles. The average molecular weight is 306 g/mol. The van der Waals surface area contributed by atoms with Crippen molar-refractivity contribution in [2.24, 2.45) is 0 Å². The molecule has 0 aromatic heterocycles. The van der Waals surface area contributed by atoms with Gasteiger partial charge in [-0.2, -0.15) is 11.8 Å². The minimum absolute atomic E-state index is 0.300. The summed E-state index contributed by atoms with van der Waals surface area (Å²) in [4.78, 5) is 11.7. The van der Waals surface area contributed by atoms with E-state index in [0.717, 1.165) is 49.2 Å². The highest BCUT2D eigenvalue weighted by Gasteiger charge is 2.42. The Morgan fingerprint density at radius 3 is 2.48 bits per heavy atom. The lowest BCUT2D eigenvalue weighted by atomic mass is 9.79. The number of rotatable bonds is 4. The summed E-state index contributed by atoms with van der Waals surface area (Å²) in [5.74, 6) is 2.47. The first-order chi connectivity index (χ1) is 10.2. The summed E-state index contributed by atoms with van der Waals surface area (Å²) in [5, 5.41) is 9.61. The van der Waals surface area contributed by atoms with Crippen molar-refractivity contribution in [1.29, 1.82) is 0 Å². The molecule has 0 spiro atoms. The Bertz CT molecular complexity index is 485. The Morgan fingerprint density at radius 1 is 1.19 bits per heavy atom. The fourth-order valence-corrected chi connectivity index (χ4v) is 4.49. The van der Waals surface area contributed by atoms with E-state index in [1.54, 1.807) is 0 Å². The van der Waals surface area contributed by atoms with Crippen LogP contribution in [0.1, 0.15) is 44.1 Å². The Kier molecular flexibility index (Phi) is 4.43. The molecular formula is C17H22O3S. The van der Waals surface area contributed by atoms with E-state index in [0.29, 0.717) is 6.10 Å². The number of thioether (sulfide) groups is 1. The summed E-state index contributed by atoms with van der Waals surface area (Å²) in [5.41, 5.74) is 0.261. The van der Waals surface area contributed by atoms with Gasteiger partial charge in [0.25, 0.3) is 0 Å². The minimum atomic E-state index is -0.683. The predicted molar refractivity (Wildman–Crippen MR) is 85.2 cm³/mol. The maximum atomic E-state index is 11.7. The SMILES string of the molecule is O=C(O)C1(c2ccc(OC3CCCSC3)cc2)CCCC1. The molecule has 3 nitrogen and oxygen atoms in total. The largest absolute Gasteiger partial charge is 0.490 e. The highest BCUT2D eigenvalue weighted by atomic mass is 32.2. The van der Waals surface area contributed by atoms with Gasteiger partial charge in [-0.25, -0.2) is 0 Å². The lowest BCUT2D eigenvalue weighted by Gasteiger charge is -2.26. The molecule has 2 fully saturated rings. The second-order valence-electron chi connectivity index (χ2n) is 6.08. The van der Waals surface area contributed by atoms with Gasteiger partial charge in [-0.05, 0) is 49.1 Å². The normalized spacial score (nSPS) is 24.7. The fraction of sp³-hybridized carbons (Fsp3) is 0.588. The molecule has 1 N–H and O–H groups in total. The van der Waals surface area contributed by atoms with Gasteiger partial charge in [0.05, 0.1) is 5.41 Å². The molecule has 1 aliphatic heterocycles. The summed E-state index contributed by atoms with van der Waals surface area (Å²) in [6.45, 7) is 0. The number of ether oxygens (including phenoxy) is 1. The van der Waals surface area contributed by atoms with Crippen LogP contribution in [0.5, 0.6) is 5.75 Å². The summed E-state index contributed by atoms with van der Waals surface area (Å²) >= 11 is 1.95. The molecule has 1 aromatic carbocycles. The van der Waals surface area contributed by atoms with Crippen molar-refractivity contribution >= 4 is 17.7 Å². The molecular weight excluding hydrogens is 284 g/mol. The molecule has 1 aliphatic carbocycles. The molecule has 0 bridgehead atoms. The van der Waals surface area contributed by atoms with Crippen molar-refractivity contribution in [2.75, 3.05) is 11.5 Å². The Hall–Kier alpha value is -1.16. The van der Waals surface area contributed by atoms with E-state index in [2.05, 4.69) is 0 Å². The van der Waals surface area contributed by atoms with Gasteiger partial charge in [0.1, 0.15) is 11.9 Å². The molecule has 114 valence electrons. The maximum Gasteiger partial charge on any atom is 0.314 e. The molecule has 4 heteroatoms. The van der Waals surface area contributed by atoms with E-state index < -0.39 is 11.4 Å². The van der Waals surface area contributed by atoms with Crippen LogP contribution in [0.25, 0.3) is 0 Å². The summed E-state index contributed by atoms with van der Waals surface area (Å²) in [6, 6.07) is 7.78. The van der Waals surface area contributed by atoms with E-state index >= 15 is 0 Å². The Balaban J connectivity index is 1.72. The van der Waals surface area contributed by atoms with E-state index in [4.69, 9.17) is 4.74 Å². The lowest BCUT2D eigenvalue weighted by molar-refractivity contribution is -0.143. The van der Waals surface area contributed by atoms with Crippen LogP contribution < -0.4 is 4.74 Å². The molecule has 1 saturated heterocycles. The van der Waals surface area contributed by atoms with Gasteiger partial charge in [0, 0.05) is 5.75 Å². The van der Waals surface area contributed by atoms with Crippen molar-refractivity contribution in [3.8, 4) is 5.75 Å². The molecule has 1 saturated carbocycles. The second kappa shape index (κ2) is 6.30. The third kappa shape index (κ3) is 3.05. The van der Waals surface area contributed by atoms with Crippen LogP contribution in [-0.2, 0) is 10.2 Å². The Morgan fingerprint density at radius 2 is 1.90 bits per heavy atom. The van der Waals surface area contributed by atoms with Gasteiger partial charge in [0.15, 0.2) is 0 Å². The zero-order chi connectivity index (χ0) is 14.7. The third-order valence-corrected chi connectivity index (χ3v) is 5.88. The lowest BCUT2D eigenvalue weighted by Crippen LogP contribution is -2.32. The van der Waals surface area contributed by atoms with Gasteiger partial charge >= 0.3 is 5.97 Å². The smallest absolute Gasteiger partial charge is 0.314 e. The maximum absolute atomic E-state index is 11.7. The van der Waals surface area contributed by atoms with E-state index in [-0.39, 0.29) is 0 Å². The standard InChI is InChI=1S/C17H22O3S/c18-16(19)17(9-1-2-10-17)13-5-7-14(8-6-13)20-15-4-3-11-21-12-15/h5-8,15H,1-4,9-12H2,(H,18,19). The van der Waals surface area contributed by atoms with Crippen molar-refractivity contribution in [1.82, 2.24) is 0 Å². The van der Waals surface area contributed by atoms with Gasteiger partial charge in [-0.3, -0.25) is 4.79 Å². The number of carboxylic acid groups (broad SMARTS) is 1. The molecule has 1 aromatic rings. The molecule has 0 amide bonds. The molecule has 21 heavy (non-hydrogen) atoms. The number of hydrogen-bond donors (Lipinski definition) is 1. The van der Waals surface area contributed by atoms with Crippen molar-refractivity contribution in [2.45, 2.75) is 50.0 Å². The summed E-state index contributed by atoms with van der Waals surface area (Å²) < 4.78 is 6.00. The third-order valence-electron chi connectivity index (χ3n) is 4.69. The van der Waals surface area contributed by atoms with E-state index in [1.165, 1.54) is 12.2 Å². The van der Waals surface area contributed by atoms with Crippen molar-refractivity contribution in [3.05, 3.63) is 29.8 Å². The molecule has 1 unspecified atom stereocenters. The van der Waals surface area contributed by atoms with Crippen LogP contribution in [0.3, 0.4) is 0 Å². The molecule has 2 aliphatic rings. The first-order valence-corrected chi connectivity index (χ1v) is 8.94. The molecule has 0 radical (unpaired) electrons. The number of carbonyl (C=O) groups is 1. The summed E-state index contributed by atoms with van der Waals surface area (Å²) in [7, 11) is 0. The fourth-order valence-electron chi connectivity index (χ4n) is 3.45. The van der Waals surface area contributed by atoms with Gasteiger partial charge in [0.2, 0.25) is 0 Å². The monoisotopic (exact) mass is 306 g/mol. The van der Waals surface area contributed by atoms with Crippen molar-refractivity contribution in [3.63, 3.8) is 0 Å². The highest BCUT2D eigenvalue weighted by molar-refractivity contribution is 7.99. The second-order valence-corrected chi connectivity index (χ2v) is 7.23. The molecule has 1 atom stereocenters. The van der Waals surface area contributed by atoms with Crippen LogP contribution in [0.2, 0.25) is 0 Å². The summed E-state index contributed by atoms with van der Waals surface area (Å²) in [6.07, 6.45) is 6.15. The van der Waals surface area contributed by atoms with Crippen molar-refractivity contribution < 1.29 is 14.6 Å². The Labute approximate surface area is 130 Å². The van der Waals surface area contributed by atoms with Crippen LogP contribution in [0, 0.1) is 0 Å². The number of hydrogen-bond acceptors (Lipinski definition) is 3. The van der Waals surface area contributed by atoms with Crippen LogP contribution in [0.4, 0.5) is 0 Å². The van der Waals surface area contributed by atoms with Crippen LogP contribution >= 0.6 is 11.8 Å². The topological polar surface area (TPSA) is 46.5 Å². The molecule has 3 rings (SSSR count). The minimum Gasteiger partial charge on any atom is -0.490 e. The number of aliphatic carboxylic acids is 1.